The lowest BCUT2D eigenvalue weighted by atomic mass is 10.1. The molecule has 0 saturated heterocycles. The monoisotopic (exact) mass is 322 g/mol. The highest BCUT2D eigenvalue weighted by molar-refractivity contribution is 9.10. The first kappa shape index (κ1) is 12.7. The Kier molecular flexibility index (Phi) is 3.57. The van der Waals surface area contributed by atoms with Crippen LogP contribution in [0.15, 0.2) is 27.2 Å². The van der Waals surface area contributed by atoms with Crippen molar-refractivity contribution in [1.82, 2.24) is 10.5 Å². The lowest BCUT2D eigenvalue weighted by Gasteiger charge is -2.09. The molecule has 2 heterocycles. The minimum Gasteiger partial charge on any atom is -0.493 e. The third-order valence-electron chi connectivity index (χ3n) is 3.12. The zero-order chi connectivity index (χ0) is 13.2. The molecule has 1 aliphatic heterocycles. The molecule has 0 aliphatic carbocycles. The maximum atomic E-state index is 5.70. The Hall–Kier alpha value is -1.33. The molecule has 1 aromatic heterocycles. The van der Waals surface area contributed by atoms with Crippen LogP contribution >= 0.6 is 15.9 Å². The fourth-order valence-corrected chi connectivity index (χ4v) is 2.86. The number of benzene rings is 1. The lowest BCUT2D eigenvalue weighted by Crippen LogP contribution is -2.13. The van der Waals surface area contributed by atoms with Crippen LogP contribution in [0.2, 0.25) is 0 Å². The van der Waals surface area contributed by atoms with E-state index in [1.165, 1.54) is 11.1 Å². The van der Waals surface area contributed by atoms with Crippen molar-refractivity contribution in [3.63, 3.8) is 0 Å². The van der Waals surface area contributed by atoms with Crippen molar-refractivity contribution >= 4 is 15.9 Å². The maximum absolute atomic E-state index is 5.70. The lowest BCUT2D eigenvalue weighted by molar-refractivity contribution is 0.352. The van der Waals surface area contributed by atoms with E-state index < -0.39 is 0 Å². The van der Waals surface area contributed by atoms with Crippen molar-refractivity contribution < 1.29 is 9.26 Å². The van der Waals surface area contributed by atoms with E-state index in [1.807, 2.05) is 13.0 Å². The van der Waals surface area contributed by atoms with Gasteiger partial charge >= 0.3 is 0 Å². The molecule has 1 N–H and O–H groups in total. The van der Waals surface area contributed by atoms with Gasteiger partial charge in [0.05, 0.1) is 12.3 Å². The van der Waals surface area contributed by atoms with Crippen LogP contribution in [-0.4, -0.2) is 11.8 Å². The molecule has 0 saturated carbocycles. The predicted octanol–water partition coefficient (Wildman–Crippen LogP) is 2.97. The largest absolute Gasteiger partial charge is 0.493 e. The molecule has 0 radical (unpaired) electrons. The van der Waals surface area contributed by atoms with Gasteiger partial charge in [-0.3, -0.25) is 0 Å². The molecule has 0 fully saturated rings. The van der Waals surface area contributed by atoms with Gasteiger partial charge in [-0.15, -0.1) is 0 Å². The first-order valence-corrected chi connectivity index (χ1v) is 7.08. The fourth-order valence-electron chi connectivity index (χ4n) is 2.30. The number of hydrogen-bond donors (Lipinski definition) is 1. The molecule has 0 atom stereocenters. The summed E-state index contributed by atoms with van der Waals surface area (Å²) in [7, 11) is 0. The van der Waals surface area contributed by atoms with E-state index in [0.29, 0.717) is 6.54 Å². The minimum atomic E-state index is 0.693. The van der Waals surface area contributed by atoms with Crippen molar-refractivity contribution in [2.45, 2.75) is 26.4 Å². The van der Waals surface area contributed by atoms with Gasteiger partial charge in [0, 0.05) is 35.6 Å². The summed E-state index contributed by atoms with van der Waals surface area (Å²) in [4.78, 5) is 0. The Labute approximate surface area is 120 Å². The molecular weight excluding hydrogens is 308 g/mol. The molecule has 1 aliphatic rings. The second-order valence-electron chi connectivity index (χ2n) is 4.68. The standard InChI is InChI=1S/C14H15BrN2O2/c1-9-4-13(17-19-9)8-16-7-11-6-12(15)5-10-2-3-18-14(10)11/h4-6,16H,2-3,7-8H2,1H3. The Bertz CT molecular complexity index is 595. The minimum absolute atomic E-state index is 0.693. The Morgan fingerprint density at radius 1 is 1.32 bits per heavy atom. The zero-order valence-corrected chi connectivity index (χ0v) is 12.3. The molecule has 3 rings (SSSR count). The van der Waals surface area contributed by atoms with Gasteiger partial charge in [0.1, 0.15) is 11.5 Å². The van der Waals surface area contributed by atoms with Gasteiger partial charge in [0.2, 0.25) is 0 Å². The maximum Gasteiger partial charge on any atom is 0.133 e. The predicted molar refractivity (Wildman–Crippen MR) is 75.1 cm³/mol. The Morgan fingerprint density at radius 3 is 3.00 bits per heavy atom. The number of aromatic nitrogens is 1. The normalized spacial score (nSPS) is 13.4. The summed E-state index contributed by atoms with van der Waals surface area (Å²) in [6, 6.07) is 6.17. The Morgan fingerprint density at radius 2 is 2.21 bits per heavy atom. The van der Waals surface area contributed by atoms with Gasteiger partial charge in [-0.25, -0.2) is 0 Å². The van der Waals surface area contributed by atoms with E-state index in [-0.39, 0.29) is 0 Å². The zero-order valence-electron chi connectivity index (χ0n) is 10.7. The molecule has 0 amide bonds. The van der Waals surface area contributed by atoms with Crippen LogP contribution in [0.3, 0.4) is 0 Å². The number of ether oxygens (including phenoxy) is 1. The molecule has 0 unspecified atom stereocenters. The summed E-state index contributed by atoms with van der Waals surface area (Å²) in [5.74, 6) is 1.87. The molecular formula is C14H15BrN2O2. The van der Waals surface area contributed by atoms with Crippen LogP contribution < -0.4 is 10.1 Å². The molecule has 0 bridgehead atoms. The van der Waals surface area contributed by atoms with Crippen molar-refractivity contribution in [2.75, 3.05) is 6.61 Å². The Balaban J connectivity index is 1.67. The number of nitrogens with zero attached hydrogens (tertiary/aromatic N) is 1. The molecule has 0 spiro atoms. The van der Waals surface area contributed by atoms with Crippen LogP contribution in [-0.2, 0) is 19.5 Å². The van der Waals surface area contributed by atoms with Crippen LogP contribution in [0.25, 0.3) is 0 Å². The summed E-state index contributed by atoms with van der Waals surface area (Å²) in [5, 5.41) is 7.32. The van der Waals surface area contributed by atoms with Crippen LogP contribution in [0.1, 0.15) is 22.6 Å². The molecule has 4 nitrogen and oxygen atoms in total. The quantitative estimate of drug-likeness (QED) is 0.940. The summed E-state index contributed by atoms with van der Waals surface area (Å²) in [5.41, 5.74) is 3.38. The average Bonchev–Trinajstić information content (AvgIpc) is 2.98. The number of halogens is 1. The second-order valence-corrected chi connectivity index (χ2v) is 5.60. The van der Waals surface area contributed by atoms with Gasteiger partial charge in [-0.05, 0) is 24.6 Å². The summed E-state index contributed by atoms with van der Waals surface area (Å²) in [6.07, 6.45) is 0.990. The van der Waals surface area contributed by atoms with Crippen LogP contribution in [0.4, 0.5) is 0 Å². The van der Waals surface area contributed by atoms with Gasteiger partial charge < -0.3 is 14.6 Å². The average molecular weight is 323 g/mol. The van der Waals surface area contributed by atoms with E-state index in [4.69, 9.17) is 9.26 Å². The first-order valence-electron chi connectivity index (χ1n) is 6.29. The summed E-state index contributed by atoms with van der Waals surface area (Å²) in [6.45, 7) is 4.12. The van der Waals surface area contributed by atoms with E-state index in [0.717, 1.165) is 41.2 Å². The first-order chi connectivity index (χ1) is 9.22. The second kappa shape index (κ2) is 5.35. The highest BCUT2D eigenvalue weighted by atomic mass is 79.9. The number of fused-ring (bicyclic) bond motifs is 1. The molecule has 5 heteroatoms. The number of hydrogen-bond acceptors (Lipinski definition) is 4. The number of nitrogens with one attached hydrogen (secondary N) is 1. The van der Waals surface area contributed by atoms with Gasteiger partial charge in [0.25, 0.3) is 0 Å². The van der Waals surface area contributed by atoms with E-state index in [1.54, 1.807) is 0 Å². The molecule has 19 heavy (non-hydrogen) atoms. The van der Waals surface area contributed by atoms with Crippen LogP contribution in [0, 0.1) is 6.92 Å². The van der Waals surface area contributed by atoms with Gasteiger partial charge in [-0.2, -0.15) is 0 Å². The molecule has 2 aromatic rings. The summed E-state index contributed by atoms with van der Waals surface area (Å²) >= 11 is 3.55. The fraction of sp³-hybridized carbons (Fsp3) is 0.357. The van der Waals surface area contributed by atoms with Crippen LogP contribution in [0.5, 0.6) is 5.75 Å². The van der Waals surface area contributed by atoms with Crippen molar-refractivity contribution in [1.29, 1.82) is 0 Å². The van der Waals surface area contributed by atoms with Gasteiger partial charge in [0.15, 0.2) is 0 Å². The van der Waals surface area contributed by atoms with E-state index in [9.17, 15) is 0 Å². The highest BCUT2D eigenvalue weighted by Crippen LogP contribution is 2.32. The van der Waals surface area contributed by atoms with Gasteiger partial charge in [-0.1, -0.05) is 21.1 Å². The van der Waals surface area contributed by atoms with Crippen molar-refractivity contribution in [3.05, 3.63) is 45.3 Å². The molecule has 100 valence electrons. The van der Waals surface area contributed by atoms with E-state index in [2.05, 4.69) is 38.5 Å². The highest BCUT2D eigenvalue weighted by Gasteiger charge is 2.17. The SMILES string of the molecule is Cc1cc(CNCc2cc(Br)cc3c2OCC3)no1. The third-order valence-corrected chi connectivity index (χ3v) is 3.58. The topological polar surface area (TPSA) is 47.3 Å². The smallest absolute Gasteiger partial charge is 0.133 e. The third kappa shape index (κ3) is 2.82. The van der Waals surface area contributed by atoms with E-state index >= 15 is 0 Å². The molecule has 1 aromatic carbocycles. The van der Waals surface area contributed by atoms with Crippen molar-refractivity contribution in [2.24, 2.45) is 0 Å². The summed E-state index contributed by atoms with van der Waals surface area (Å²) < 4.78 is 11.8. The number of aryl methyl sites for hydroxylation is 1. The number of rotatable bonds is 4. The van der Waals surface area contributed by atoms with Crippen molar-refractivity contribution in [3.8, 4) is 5.75 Å².